The van der Waals surface area contributed by atoms with Gasteiger partial charge in [0, 0.05) is 0 Å². The topological polar surface area (TPSA) is 82.3 Å². The normalized spacial score (nSPS) is 15.2. The van der Waals surface area contributed by atoms with Crippen molar-refractivity contribution in [3.05, 3.63) is 34.3 Å². The van der Waals surface area contributed by atoms with Gasteiger partial charge in [0.2, 0.25) is 0 Å². The number of fused-ring (bicyclic) bond motifs is 1. The largest absolute Gasteiger partial charge is 0.486 e. The second kappa shape index (κ2) is 5.97. The van der Waals surface area contributed by atoms with Crippen molar-refractivity contribution >= 4 is 11.5 Å². The monoisotopic (exact) mass is 306 g/mol. The average Bonchev–Trinajstić information content (AvgIpc) is 2.97. The zero-order chi connectivity index (χ0) is 14.8. The SMILES string of the molecule is CC(C)c1nnsc1C(NN)c1ccc2c(c1)OCCO2. The first-order valence-electron chi connectivity index (χ1n) is 6.88. The molecular weight excluding hydrogens is 288 g/mol. The average molecular weight is 306 g/mol. The minimum absolute atomic E-state index is 0.154. The molecule has 0 amide bonds. The molecule has 0 radical (unpaired) electrons. The molecular formula is C14H18N4O2S. The van der Waals surface area contributed by atoms with E-state index in [9.17, 15) is 0 Å². The minimum atomic E-state index is -0.154. The predicted octanol–water partition coefficient (Wildman–Crippen LogP) is 1.99. The number of aromatic nitrogens is 2. The van der Waals surface area contributed by atoms with Crippen molar-refractivity contribution in [2.75, 3.05) is 13.2 Å². The van der Waals surface area contributed by atoms with E-state index in [0.29, 0.717) is 19.1 Å². The summed E-state index contributed by atoms with van der Waals surface area (Å²) in [6, 6.07) is 5.71. The van der Waals surface area contributed by atoms with Gasteiger partial charge in [0.05, 0.1) is 16.6 Å². The van der Waals surface area contributed by atoms with Gasteiger partial charge < -0.3 is 9.47 Å². The van der Waals surface area contributed by atoms with Crippen LogP contribution in [0.25, 0.3) is 0 Å². The van der Waals surface area contributed by atoms with Gasteiger partial charge in [-0.25, -0.2) is 5.43 Å². The van der Waals surface area contributed by atoms with Gasteiger partial charge in [-0.05, 0) is 35.1 Å². The molecule has 0 saturated carbocycles. The van der Waals surface area contributed by atoms with Crippen molar-refractivity contribution in [1.29, 1.82) is 0 Å². The van der Waals surface area contributed by atoms with Crippen molar-refractivity contribution in [3.8, 4) is 11.5 Å². The molecule has 3 N–H and O–H groups in total. The van der Waals surface area contributed by atoms with Gasteiger partial charge in [-0.1, -0.05) is 24.4 Å². The highest BCUT2D eigenvalue weighted by molar-refractivity contribution is 7.05. The molecule has 0 fully saturated rings. The number of hydrazine groups is 1. The Morgan fingerprint density at radius 1 is 1.24 bits per heavy atom. The molecule has 1 aromatic heterocycles. The van der Waals surface area contributed by atoms with E-state index >= 15 is 0 Å². The second-order valence-corrected chi connectivity index (χ2v) is 5.97. The summed E-state index contributed by atoms with van der Waals surface area (Å²) in [6.07, 6.45) is 0. The second-order valence-electron chi connectivity index (χ2n) is 5.18. The molecule has 0 aliphatic carbocycles. The third kappa shape index (κ3) is 2.72. The number of nitrogens with one attached hydrogen (secondary N) is 1. The Labute approximate surface area is 127 Å². The van der Waals surface area contributed by atoms with E-state index in [1.807, 2.05) is 18.2 Å². The third-order valence-corrected chi connectivity index (χ3v) is 4.22. The molecule has 2 heterocycles. The molecule has 1 unspecified atom stereocenters. The Morgan fingerprint density at radius 3 is 2.71 bits per heavy atom. The molecule has 1 aliphatic rings. The molecule has 2 aromatic rings. The third-order valence-electron chi connectivity index (χ3n) is 3.42. The van der Waals surface area contributed by atoms with Crippen LogP contribution >= 0.6 is 11.5 Å². The van der Waals surface area contributed by atoms with Crippen LogP contribution in [0, 0.1) is 0 Å². The fourth-order valence-corrected chi connectivity index (χ4v) is 3.26. The lowest BCUT2D eigenvalue weighted by Crippen LogP contribution is -2.29. The van der Waals surface area contributed by atoms with Crippen LogP contribution in [0.5, 0.6) is 11.5 Å². The maximum absolute atomic E-state index is 5.77. The summed E-state index contributed by atoms with van der Waals surface area (Å²) in [5, 5.41) is 4.21. The molecule has 0 bridgehead atoms. The van der Waals surface area contributed by atoms with E-state index in [4.69, 9.17) is 15.3 Å². The van der Waals surface area contributed by atoms with Crippen molar-refractivity contribution < 1.29 is 9.47 Å². The molecule has 7 heteroatoms. The molecule has 112 valence electrons. The highest BCUT2D eigenvalue weighted by atomic mass is 32.1. The molecule has 21 heavy (non-hydrogen) atoms. The number of hydrogen-bond donors (Lipinski definition) is 2. The number of rotatable bonds is 4. The lowest BCUT2D eigenvalue weighted by atomic mass is 10.00. The fraction of sp³-hybridized carbons (Fsp3) is 0.429. The number of hydrogen-bond acceptors (Lipinski definition) is 7. The summed E-state index contributed by atoms with van der Waals surface area (Å²) in [5.41, 5.74) is 4.84. The maximum atomic E-state index is 5.77. The smallest absolute Gasteiger partial charge is 0.161 e. The van der Waals surface area contributed by atoms with Crippen molar-refractivity contribution in [1.82, 2.24) is 15.0 Å². The van der Waals surface area contributed by atoms with E-state index < -0.39 is 0 Å². The van der Waals surface area contributed by atoms with Crippen LogP contribution in [-0.4, -0.2) is 22.8 Å². The van der Waals surface area contributed by atoms with E-state index in [0.717, 1.165) is 27.6 Å². The summed E-state index contributed by atoms with van der Waals surface area (Å²) in [7, 11) is 0. The summed E-state index contributed by atoms with van der Waals surface area (Å²) in [4.78, 5) is 1.03. The van der Waals surface area contributed by atoms with Crippen LogP contribution in [0.1, 0.15) is 41.9 Å². The molecule has 1 aliphatic heterocycles. The van der Waals surface area contributed by atoms with Gasteiger partial charge in [-0.15, -0.1) is 5.10 Å². The Hall–Kier alpha value is -1.70. The molecule has 0 spiro atoms. The van der Waals surface area contributed by atoms with Crippen molar-refractivity contribution in [3.63, 3.8) is 0 Å². The van der Waals surface area contributed by atoms with E-state index in [2.05, 4.69) is 28.9 Å². The van der Waals surface area contributed by atoms with Crippen molar-refractivity contribution in [2.45, 2.75) is 25.8 Å². The van der Waals surface area contributed by atoms with Gasteiger partial charge in [0.25, 0.3) is 0 Å². The van der Waals surface area contributed by atoms with Crippen molar-refractivity contribution in [2.24, 2.45) is 5.84 Å². The standard InChI is InChI=1S/C14H18N4O2S/c1-8(2)12-14(21-18-17-12)13(16-15)9-3-4-10-11(7-9)20-6-5-19-10/h3-4,7-8,13,16H,5-6,15H2,1-2H3. The van der Waals surface area contributed by atoms with Crippen LogP contribution in [-0.2, 0) is 0 Å². The quantitative estimate of drug-likeness (QED) is 0.664. The first-order valence-corrected chi connectivity index (χ1v) is 7.66. The first-order chi connectivity index (χ1) is 10.2. The highest BCUT2D eigenvalue weighted by Gasteiger charge is 2.23. The molecule has 6 nitrogen and oxygen atoms in total. The van der Waals surface area contributed by atoms with Crippen LogP contribution in [0.15, 0.2) is 18.2 Å². The van der Waals surface area contributed by atoms with E-state index in [-0.39, 0.29) is 6.04 Å². The first kappa shape index (κ1) is 14.2. The summed E-state index contributed by atoms with van der Waals surface area (Å²) < 4.78 is 15.2. The van der Waals surface area contributed by atoms with Gasteiger partial charge in [0.15, 0.2) is 11.5 Å². The molecule has 0 saturated heterocycles. The van der Waals surface area contributed by atoms with Crippen LogP contribution in [0.2, 0.25) is 0 Å². The Morgan fingerprint density at radius 2 is 2.00 bits per heavy atom. The maximum Gasteiger partial charge on any atom is 0.161 e. The van der Waals surface area contributed by atoms with Crippen LogP contribution < -0.4 is 20.7 Å². The minimum Gasteiger partial charge on any atom is -0.486 e. The number of nitrogens with two attached hydrogens (primary N) is 1. The van der Waals surface area contributed by atoms with Crippen LogP contribution in [0.4, 0.5) is 0 Å². The van der Waals surface area contributed by atoms with Gasteiger partial charge in [-0.3, -0.25) is 5.84 Å². The van der Waals surface area contributed by atoms with E-state index in [1.54, 1.807) is 0 Å². The van der Waals surface area contributed by atoms with Crippen LogP contribution in [0.3, 0.4) is 0 Å². The Kier molecular flexibility index (Phi) is 4.05. The lowest BCUT2D eigenvalue weighted by molar-refractivity contribution is 0.171. The number of benzene rings is 1. The summed E-state index contributed by atoms with van der Waals surface area (Å²) >= 11 is 1.37. The zero-order valence-electron chi connectivity index (χ0n) is 12.0. The Balaban J connectivity index is 1.98. The van der Waals surface area contributed by atoms with Gasteiger partial charge >= 0.3 is 0 Å². The lowest BCUT2D eigenvalue weighted by Gasteiger charge is -2.22. The molecule has 1 atom stereocenters. The van der Waals surface area contributed by atoms with E-state index in [1.165, 1.54) is 11.5 Å². The number of nitrogens with zero attached hydrogens (tertiary/aromatic N) is 2. The fourth-order valence-electron chi connectivity index (χ4n) is 2.37. The van der Waals surface area contributed by atoms with Gasteiger partial charge in [0.1, 0.15) is 13.2 Å². The molecule has 1 aromatic carbocycles. The number of ether oxygens (including phenoxy) is 2. The summed E-state index contributed by atoms with van der Waals surface area (Å²) in [5.74, 6) is 7.59. The zero-order valence-corrected chi connectivity index (χ0v) is 12.8. The molecule has 3 rings (SSSR count). The summed E-state index contributed by atoms with van der Waals surface area (Å²) in [6.45, 7) is 5.34. The highest BCUT2D eigenvalue weighted by Crippen LogP contribution is 2.36. The Bertz CT molecular complexity index is 629. The van der Waals surface area contributed by atoms with Gasteiger partial charge in [-0.2, -0.15) is 0 Å². The predicted molar refractivity (Wildman–Crippen MR) is 80.6 cm³/mol.